The van der Waals surface area contributed by atoms with E-state index in [-0.39, 0.29) is 6.61 Å². The summed E-state index contributed by atoms with van der Waals surface area (Å²) in [6, 6.07) is 0. The molecule has 0 saturated carbocycles. The van der Waals surface area contributed by atoms with Gasteiger partial charge in [0.1, 0.15) is 5.25 Å². The number of nitrogens with one attached hydrogen (secondary N) is 1. The summed E-state index contributed by atoms with van der Waals surface area (Å²) in [6.07, 6.45) is 1.00. The SMILES string of the molecule is CC(C(=O)NC(C)(C)CO)S(C)(=O)=O. The van der Waals surface area contributed by atoms with Gasteiger partial charge in [0.05, 0.1) is 12.1 Å². The van der Waals surface area contributed by atoms with Crippen LogP contribution in [0.2, 0.25) is 0 Å². The highest BCUT2D eigenvalue weighted by Crippen LogP contribution is 2.04. The molecule has 0 spiro atoms. The summed E-state index contributed by atoms with van der Waals surface area (Å²) in [5.41, 5.74) is -0.796. The summed E-state index contributed by atoms with van der Waals surface area (Å²) in [7, 11) is -3.38. The van der Waals surface area contributed by atoms with E-state index in [4.69, 9.17) is 5.11 Å². The normalized spacial score (nSPS) is 14.9. The average molecular weight is 223 g/mol. The third kappa shape index (κ3) is 4.06. The van der Waals surface area contributed by atoms with Crippen molar-refractivity contribution in [3.8, 4) is 0 Å². The minimum atomic E-state index is -3.38. The van der Waals surface area contributed by atoms with Gasteiger partial charge in [0, 0.05) is 6.26 Å². The molecule has 1 amide bonds. The molecule has 0 aromatic carbocycles. The second-order valence-corrected chi connectivity index (χ2v) is 6.37. The van der Waals surface area contributed by atoms with Crippen molar-refractivity contribution in [1.82, 2.24) is 5.32 Å². The number of aliphatic hydroxyl groups excluding tert-OH is 1. The fourth-order valence-electron chi connectivity index (χ4n) is 0.669. The third-order valence-corrected chi connectivity index (χ3v) is 3.37. The Labute approximate surface area is 84.4 Å². The first kappa shape index (κ1) is 13.4. The molecule has 0 bridgehead atoms. The van der Waals surface area contributed by atoms with Gasteiger partial charge in [-0.15, -0.1) is 0 Å². The van der Waals surface area contributed by atoms with E-state index in [0.29, 0.717) is 0 Å². The van der Waals surface area contributed by atoms with Crippen LogP contribution in [-0.4, -0.2) is 43.1 Å². The van der Waals surface area contributed by atoms with E-state index < -0.39 is 26.5 Å². The lowest BCUT2D eigenvalue weighted by Gasteiger charge is -2.24. The van der Waals surface area contributed by atoms with Gasteiger partial charge in [0.15, 0.2) is 9.84 Å². The highest BCUT2D eigenvalue weighted by atomic mass is 32.2. The van der Waals surface area contributed by atoms with Crippen molar-refractivity contribution in [2.45, 2.75) is 31.6 Å². The van der Waals surface area contributed by atoms with Gasteiger partial charge in [-0.05, 0) is 20.8 Å². The summed E-state index contributed by atoms with van der Waals surface area (Å²) >= 11 is 0. The van der Waals surface area contributed by atoms with Crippen LogP contribution in [0, 0.1) is 0 Å². The van der Waals surface area contributed by atoms with Gasteiger partial charge in [-0.1, -0.05) is 0 Å². The van der Waals surface area contributed by atoms with Gasteiger partial charge in [-0.25, -0.2) is 8.42 Å². The van der Waals surface area contributed by atoms with Gasteiger partial charge in [0.25, 0.3) is 0 Å². The molecule has 0 saturated heterocycles. The van der Waals surface area contributed by atoms with Crippen molar-refractivity contribution in [1.29, 1.82) is 0 Å². The van der Waals surface area contributed by atoms with Crippen molar-refractivity contribution in [2.24, 2.45) is 0 Å². The van der Waals surface area contributed by atoms with E-state index in [0.717, 1.165) is 6.26 Å². The Morgan fingerprint density at radius 1 is 1.50 bits per heavy atom. The molecule has 2 N–H and O–H groups in total. The molecule has 0 rings (SSSR count). The number of sulfone groups is 1. The van der Waals surface area contributed by atoms with Crippen molar-refractivity contribution in [2.75, 3.05) is 12.9 Å². The lowest BCUT2D eigenvalue weighted by Crippen LogP contribution is -2.50. The summed E-state index contributed by atoms with van der Waals surface area (Å²) in [5.74, 6) is -0.591. The van der Waals surface area contributed by atoms with Crippen LogP contribution in [-0.2, 0) is 14.6 Å². The van der Waals surface area contributed by atoms with Crippen LogP contribution >= 0.6 is 0 Å². The summed E-state index contributed by atoms with van der Waals surface area (Å²) in [5, 5.41) is 10.2. The van der Waals surface area contributed by atoms with E-state index in [1.165, 1.54) is 6.92 Å². The second-order valence-electron chi connectivity index (χ2n) is 4.00. The predicted octanol–water partition coefficient (Wildman–Crippen LogP) is -0.693. The number of amides is 1. The van der Waals surface area contributed by atoms with Gasteiger partial charge in [-0.2, -0.15) is 0 Å². The Bertz CT molecular complexity index is 307. The Morgan fingerprint density at radius 2 is 1.93 bits per heavy atom. The van der Waals surface area contributed by atoms with Gasteiger partial charge < -0.3 is 10.4 Å². The predicted molar refractivity (Wildman–Crippen MR) is 53.6 cm³/mol. The molecule has 0 aromatic rings. The summed E-state index contributed by atoms with van der Waals surface area (Å²) in [6.45, 7) is 4.30. The zero-order chi connectivity index (χ0) is 11.6. The van der Waals surface area contributed by atoms with Crippen LogP contribution in [0.1, 0.15) is 20.8 Å². The zero-order valence-corrected chi connectivity index (χ0v) is 9.68. The number of hydrogen-bond acceptors (Lipinski definition) is 4. The molecule has 0 heterocycles. The van der Waals surface area contributed by atoms with E-state index in [9.17, 15) is 13.2 Å². The number of carbonyl (C=O) groups excluding carboxylic acids is 1. The molecule has 0 aliphatic rings. The van der Waals surface area contributed by atoms with Crippen molar-refractivity contribution >= 4 is 15.7 Å². The van der Waals surface area contributed by atoms with Crippen molar-refractivity contribution in [3.05, 3.63) is 0 Å². The Morgan fingerprint density at radius 3 is 2.21 bits per heavy atom. The molecule has 14 heavy (non-hydrogen) atoms. The highest BCUT2D eigenvalue weighted by molar-refractivity contribution is 7.92. The molecular weight excluding hydrogens is 206 g/mol. The Hall–Kier alpha value is -0.620. The van der Waals surface area contributed by atoms with E-state index >= 15 is 0 Å². The standard InChI is InChI=1S/C8H17NO4S/c1-6(14(4,12)13)7(11)9-8(2,3)5-10/h6,10H,5H2,1-4H3,(H,9,11). The van der Waals surface area contributed by atoms with Crippen LogP contribution in [0.15, 0.2) is 0 Å². The molecule has 6 heteroatoms. The van der Waals surface area contributed by atoms with Crippen LogP contribution in [0.5, 0.6) is 0 Å². The zero-order valence-electron chi connectivity index (χ0n) is 8.86. The Balaban J connectivity index is 4.53. The maximum absolute atomic E-state index is 11.4. The van der Waals surface area contributed by atoms with Gasteiger partial charge >= 0.3 is 0 Å². The maximum atomic E-state index is 11.4. The minimum Gasteiger partial charge on any atom is -0.394 e. The topological polar surface area (TPSA) is 83.5 Å². The quantitative estimate of drug-likeness (QED) is 0.660. The molecular formula is C8H17NO4S. The molecule has 5 nitrogen and oxygen atoms in total. The van der Waals surface area contributed by atoms with Crippen LogP contribution < -0.4 is 5.32 Å². The Kier molecular flexibility index (Phi) is 4.08. The molecule has 0 aliphatic carbocycles. The second kappa shape index (κ2) is 4.27. The molecule has 1 atom stereocenters. The molecule has 84 valence electrons. The molecule has 0 aliphatic heterocycles. The number of carbonyl (C=O) groups is 1. The van der Waals surface area contributed by atoms with Crippen LogP contribution in [0.25, 0.3) is 0 Å². The molecule has 0 fully saturated rings. The van der Waals surface area contributed by atoms with Crippen molar-refractivity contribution in [3.63, 3.8) is 0 Å². The molecule has 0 radical (unpaired) electrons. The van der Waals surface area contributed by atoms with Crippen LogP contribution in [0.3, 0.4) is 0 Å². The average Bonchev–Trinajstić information content (AvgIpc) is 2.00. The van der Waals surface area contributed by atoms with Crippen LogP contribution in [0.4, 0.5) is 0 Å². The smallest absolute Gasteiger partial charge is 0.238 e. The van der Waals surface area contributed by atoms with Gasteiger partial charge in [0.2, 0.25) is 5.91 Å². The van der Waals surface area contributed by atoms with Crippen molar-refractivity contribution < 1.29 is 18.3 Å². The van der Waals surface area contributed by atoms with E-state index in [1.54, 1.807) is 13.8 Å². The third-order valence-electron chi connectivity index (χ3n) is 1.87. The highest BCUT2D eigenvalue weighted by Gasteiger charge is 2.28. The van der Waals surface area contributed by atoms with E-state index in [2.05, 4.69) is 5.32 Å². The fourth-order valence-corrected chi connectivity index (χ4v) is 1.12. The molecule has 0 aromatic heterocycles. The lowest BCUT2D eigenvalue weighted by atomic mass is 10.1. The van der Waals surface area contributed by atoms with Gasteiger partial charge in [-0.3, -0.25) is 4.79 Å². The first-order valence-electron chi connectivity index (χ1n) is 4.22. The summed E-state index contributed by atoms with van der Waals surface area (Å²) < 4.78 is 22.0. The molecule has 1 unspecified atom stereocenters. The number of rotatable bonds is 4. The van der Waals surface area contributed by atoms with E-state index in [1.807, 2.05) is 0 Å². The fraction of sp³-hybridized carbons (Fsp3) is 0.875. The summed E-state index contributed by atoms with van der Waals surface area (Å²) in [4.78, 5) is 11.4. The number of aliphatic hydroxyl groups is 1. The minimum absolute atomic E-state index is 0.241. The first-order valence-corrected chi connectivity index (χ1v) is 6.17. The lowest BCUT2D eigenvalue weighted by molar-refractivity contribution is -0.122. The monoisotopic (exact) mass is 223 g/mol. The number of hydrogen-bond donors (Lipinski definition) is 2. The largest absolute Gasteiger partial charge is 0.394 e. The first-order chi connectivity index (χ1) is 6.10. The maximum Gasteiger partial charge on any atom is 0.238 e.